The van der Waals surface area contributed by atoms with Gasteiger partial charge in [-0.05, 0) is 19.1 Å². The van der Waals surface area contributed by atoms with E-state index in [0.29, 0.717) is 5.89 Å². The van der Waals surface area contributed by atoms with Gasteiger partial charge in [0.25, 0.3) is 6.54 Å². The molecule has 74 valence electrons. The molecular weight excluding hydrogens is 188 g/mol. The highest BCUT2D eigenvalue weighted by molar-refractivity contribution is 5.53. The van der Waals surface area contributed by atoms with Crippen molar-refractivity contribution in [3.63, 3.8) is 0 Å². The zero-order valence-corrected chi connectivity index (χ0v) is 8.40. The van der Waals surface area contributed by atoms with Crippen molar-refractivity contribution in [2.75, 3.05) is 0 Å². The monoisotopic (exact) mass is 198 g/mol. The van der Waals surface area contributed by atoms with Crippen LogP contribution in [0.4, 0.5) is 0 Å². The van der Waals surface area contributed by atoms with Crippen LogP contribution >= 0.6 is 0 Å². The Bertz CT molecular complexity index is 494. The first-order valence-corrected chi connectivity index (χ1v) is 4.66. The predicted molar refractivity (Wildman–Crippen MR) is 57.0 cm³/mol. The molecule has 3 heteroatoms. The third-order valence-electron chi connectivity index (χ3n) is 2.14. The first-order chi connectivity index (χ1) is 7.31. The average Bonchev–Trinajstić information content (AvgIpc) is 2.63. The SMILES string of the molecule is [C-]#[N+]Cc1nc(-c2ccccc2)oc1C. The Hall–Kier alpha value is -2.08. The second kappa shape index (κ2) is 3.97. The number of nitrogens with zero attached hydrogens (tertiary/aromatic N) is 2. The van der Waals surface area contributed by atoms with Crippen LogP contribution < -0.4 is 0 Å². The molecule has 2 aromatic rings. The first-order valence-electron chi connectivity index (χ1n) is 4.66. The average molecular weight is 198 g/mol. The molecule has 0 aliphatic heterocycles. The summed E-state index contributed by atoms with van der Waals surface area (Å²) in [6.07, 6.45) is 0. The molecule has 15 heavy (non-hydrogen) atoms. The molecule has 0 spiro atoms. The summed E-state index contributed by atoms with van der Waals surface area (Å²) in [4.78, 5) is 7.59. The summed E-state index contributed by atoms with van der Waals surface area (Å²) >= 11 is 0. The lowest BCUT2D eigenvalue weighted by molar-refractivity contribution is 0.540. The van der Waals surface area contributed by atoms with Gasteiger partial charge in [0.2, 0.25) is 5.89 Å². The third-order valence-corrected chi connectivity index (χ3v) is 2.14. The fourth-order valence-electron chi connectivity index (χ4n) is 1.35. The number of rotatable bonds is 2. The Morgan fingerprint density at radius 1 is 1.33 bits per heavy atom. The second-order valence-electron chi connectivity index (χ2n) is 3.20. The van der Waals surface area contributed by atoms with Crippen molar-refractivity contribution in [2.45, 2.75) is 13.5 Å². The summed E-state index contributed by atoms with van der Waals surface area (Å²) in [5, 5.41) is 0. The summed E-state index contributed by atoms with van der Waals surface area (Å²) in [7, 11) is 0. The highest BCUT2D eigenvalue weighted by Gasteiger charge is 2.12. The van der Waals surface area contributed by atoms with E-state index in [2.05, 4.69) is 9.83 Å². The second-order valence-corrected chi connectivity index (χ2v) is 3.20. The summed E-state index contributed by atoms with van der Waals surface area (Å²) in [5.74, 6) is 1.32. The van der Waals surface area contributed by atoms with E-state index in [-0.39, 0.29) is 6.54 Å². The number of aromatic nitrogens is 1. The molecule has 0 amide bonds. The first kappa shape index (κ1) is 9.47. The molecular formula is C12H10N2O. The highest BCUT2D eigenvalue weighted by atomic mass is 16.4. The van der Waals surface area contributed by atoms with Gasteiger partial charge >= 0.3 is 0 Å². The summed E-state index contributed by atoms with van der Waals surface area (Å²) in [6, 6.07) is 9.69. The lowest BCUT2D eigenvalue weighted by Gasteiger charge is -1.91. The molecule has 0 radical (unpaired) electrons. The van der Waals surface area contributed by atoms with E-state index in [0.717, 1.165) is 17.0 Å². The van der Waals surface area contributed by atoms with Crippen molar-refractivity contribution >= 4 is 0 Å². The van der Waals surface area contributed by atoms with Crippen LogP contribution in [0.3, 0.4) is 0 Å². The quantitative estimate of drug-likeness (QED) is 0.694. The van der Waals surface area contributed by atoms with Crippen LogP contribution in [0.2, 0.25) is 0 Å². The van der Waals surface area contributed by atoms with Gasteiger partial charge in [0.15, 0.2) is 5.69 Å². The van der Waals surface area contributed by atoms with Crippen molar-refractivity contribution in [2.24, 2.45) is 0 Å². The van der Waals surface area contributed by atoms with Gasteiger partial charge in [-0.3, -0.25) is 0 Å². The van der Waals surface area contributed by atoms with E-state index in [4.69, 9.17) is 11.0 Å². The van der Waals surface area contributed by atoms with E-state index < -0.39 is 0 Å². The van der Waals surface area contributed by atoms with Gasteiger partial charge in [0.05, 0.1) is 0 Å². The maximum atomic E-state index is 6.79. The normalized spacial score (nSPS) is 9.87. The molecule has 3 nitrogen and oxygen atoms in total. The Labute approximate surface area is 88.2 Å². The van der Waals surface area contributed by atoms with Gasteiger partial charge < -0.3 is 9.26 Å². The third kappa shape index (κ3) is 1.89. The van der Waals surface area contributed by atoms with Crippen LogP contribution in [-0.2, 0) is 6.54 Å². The zero-order chi connectivity index (χ0) is 10.7. The number of aryl methyl sites for hydroxylation is 1. The summed E-state index contributed by atoms with van der Waals surface area (Å²) < 4.78 is 5.50. The fourth-order valence-corrected chi connectivity index (χ4v) is 1.35. The van der Waals surface area contributed by atoms with Gasteiger partial charge in [-0.15, -0.1) is 0 Å². The predicted octanol–water partition coefficient (Wildman–Crippen LogP) is 3.07. The molecule has 0 unspecified atom stereocenters. The largest absolute Gasteiger partial charge is 0.441 e. The maximum absolute atomic E-state index is 6.79. The van der Waals surface area contributed by atoms with Crippen molar-refractivity contribution in [3.05, 3.63) is 53.2 Å². The fraction of sp³-hybridized carbons (Fsp3) is 0.167. The molecule has 2 rings (SSSR count). The van der Waals surface area contributed by atoms with Gasteiger partial charge in [-0.2, -0.15) is 0 Å². The summed E-state index contributed by atoms with van der Waals surface area (Å²) in [5.41, 5.74) is 1.67. The minimum Gasteiger partial charge on any atom is -0.441 e. The van der Waals surface area contributed by atoms with Gasteiger partial charge in [0.1, 0.15) is 5.76 Å². The Morgan fingerprint density at radius 3 is 2.73 bits per heavy atom. The highest BCUT2D eigenvalue weighted by Crippen LogP contribution is 2.21. The smallest absolute Gasteiger partial charge is 0.259 e. The van der Waals surface area contributed by atoms with Crippen LogP contribution in [0.15, 0.2) is 34.7 Å². The van der Waals surface area contributed by atoms with E-state index in [9.17, 15) is 0 Å². The minimum absolute atomic E-state index is 0.280. The van der Waals surface area contributed by atoms with Crippen molar-refractivity contribution in [3.8, 4) is 11.5 Å². The van der Waals surface area contributed by atoms with Gasteiger partial charge in [0, 0.05) is 5.56 Å². The molecule has 0 fully saturated rings. The van der Waals surface area contributed by atoms with Gasteiger partial charge in [-0.1, -0.05) is 18.2 Å². The Kier molecular flexibility index (Phi) is 2.51. The Balaban J connectivity index is 2.40. The van der Waals surface area contributed by atoms with Crippen LogP contribution in [0, 0.1) is 13.5 Å². The molecule has 0 aliphatic carbocycles. The maximum Gasteiger partial charge on any atom is 0.259 e. The molecule has 0 saturated heterocycles. The molecule has 1 aromatic heterocycles. The summed E-state index contributed by atoms with van der Waals surface area (Å²) in [6.45, 7) is 8.91. The van der Waals surface area contributed by atoms with Crippen LogP contribution in [0.5, 0.6) is 0 Å². The topological polar surface area (TPSA) is 30.4 Å². The van der Waals surface area contributed by atoms with Crippen molar-refractivity contribution in [1.29, 1.82) is 0 Å². The molecule has 0 aliphatic rings. The van der Waals surface area contributed by atoms with E-state index in [1.54, 1.807) is 0 Å². The zero-order valence-electron chi connectivity index (χ0n) is 8.40. The van der Waals surface area contributed by atoms with Crippen LogP contribution in [-0.4, -0.2) is 4.98 Å². The number of oxazole rings is 1. The molecule has 1 aromatic carbocycles. The van der Waals surface area contributed by atoms with Crippen molar-refractivity contribution < 1.29 is 4.42 Å². The minimum atomic E-state index is 0.280. The van der Waals surface area contributed by atoms with Gasteiger partial charge in [-0.25, -0.2) is 11.6 Å². The van der Waals surface area contributed by atoms with Crippen LogP contribution in [0.1, 0.15) is 11.5 Å². The standard InChI is InChI=1S/C12H10N2O/c1-9-11(8-13-2)14-12(15-9)10-6-4-3-5-7-10/h3-7H,8H2,1H3. The lowest BCUT2D eigenvalue weighted by Crippen LogP contribution is -1.82. The van der Waals surface area contributed by atoms with E-state index >= 15 is 0 Å². The lowest BCUT2D eigenvalue weighted by atomic mass is 10.2. The molecule has 1 heterocycles. The molecule has 0 bridgehead atoms. The molecule has 0 atom stereocenters. The van der Waals surface area contributed by atoms with Crippen LogP contribution in [0.25, 0.3) is 16.3 Å². The number of benzene rings is 1. The number of hydrogen-bond acceptors (Lipinski definition) is 2. The molecule has 0 saturated carbocycles. The molecule has 0 N–H and O–H groups in total. The van der Waals surface area contributed by atoms with E-state index in [1.807, 2.05) is 37.3 Å². The Morgan fingerprint density at radius 2 is 2.07 bits per heavy atom. The van der Waals surface area contributed by atoms with E-state index in [1.165, 1.54) is 0 Å². The number of hydrogen-bond donors (Lipinski definition) is 0. The van der Waals surface area contributed by atoms with Crippen molar-refractivity contribution in [1.82, 2.24) is 4.98 Å².